The van der Waals surface area contributed by atoms with Crippen molar-refractivity contribution >= 4 is 17.7 Å². The molecule has 0 radical (unpaired) electrons. The zero-order valence-corrected chi connectivity index (χ0v) is 9.89. The van der Waals surface area contributed by atoms with Gasteiger partial charge in [-0.2, -0.15) is 11.8 Å². The first-order chi connectivity index (χ1) is 7.02. The molecule has 1 atom stereocenters. The smallest absolute Gasteiger partial charge is 0.323 e. The van der Waals surface area contributed by atoms with Crippen molar-refractivity contribution in [3.63, 3.8) is 0 Å². The quantitative estimate of drug-likeness (QED) is 0.743. The van der Waals surface area contributed by atoms with Gasteiger partial charge in [0.1, 0.15) is 5.54 Å². The van der Waals surface area contributed by atoms with Gasteiger partial charge in [-0.05, 0) is 31.9 Å². The molecule has 0 saturated carbocycles. The van der Waals surface area contributed by atoms with Crippen LogP contribution in [0.1, 0.15) is 26.2 Å². The van der Waals surface area contributed by atoms with Gasteiger partial charge in [0.2, 0.25) is 0 Å². The Kier molecular flexibility index (Phi) is 4.89. The summed E-state index contributed by atoms with van der Waals surface area (Å²) in [5.41, 5.74) is 4.55. The highest BCUT2D eigenvalue weighted by atomic mass is 32.2. The maximum atomic E-state index is 10.7. The molecular weight excluding hydrogens is 214 g/mol. The van der Waals surface area contributed by atoms with Crippen LogP contribution < -0.4 is 5.73 Å². The minimum absolute atomic E-state index is 0.518. The number of ether oxygens (including phenoxy) is 1. The molecule has 5 heteroatoms. The van der Waals surface area contributed by atoms with Gasteiger partial charge >= 0.3 is 5.97 Å². The number of aliphatic carboxylic acids is 1. The molecule has 0 bridgehead atoms. The first-order valence-electron chi connectivity index (χ1n) is 5.24. The second-order valence-electron chi connectivity index (χ2n) is 4.16. The number of rotatable bonds is 5. The number of thioether (sulfide) groups is 1. The summed E-state index contributed by atoms with van der Waals surface area (Å²) >= 11 is 1.82. The molecule has 1 saturated heterocycles. The number of hydrogen-bond donors (Lipinski definition) is 2. The minimum Gasteiger partial charge on any atom is -0.480 e. The normalized spacial score (nSPS) is 22.3. The lowest BCUT2D eigenvalue weighted by Gasteiger charge is -2.23. The fourth-order valence-corrected chi connectivity index (χ4v) is 2.79. The fraction of sp³-hybridized carbons (Fsp3) is 0.900. The van der Waals surface area contributed by atoms with E-state index in [1.807, 2.05) is 11.8 Å². The molecule has 0 spiro atoms. The Hall–Kier alpha value is -0.260. The second-order valence-corrected chi connectivity index (χ2v) is 5.56. The van der Waals surface area contributed by atoms with E-state index in [1.165, 1.54) is 0 Å². The Morgan fingerprint density at radius 3 is 2.73 bits per heavy atom. The van der Waals surface area contributed by atoms with Crippen molar-refractivity contribution in [2.75, 3.05) is 19.0 Å². The molecule has 15 heavy (non-hydrogen) atoms. The summed E-state index contributed by atoms with van der Waals surface area (Å²) in [6.45, 7) is 3.23. The molecule has 0 aromatic carbocycles. The molecule has 0 aromatic rings. The Morgan fingerprint density at radius 1 is 1.60 bits per heavy atom. The maximum Gasteiger partial charge on any atom is 0.323 e. The molecule has 0 aliphatic carbocycles. The molecule has 1 aliphatic rings. The van der Waals surface area contributed by atoms with Crippen molar-refractivity contribution in [2.24, 2.45) is 5.73 Å². The van der Waals surface area contributed by atoms with Gasteiger partial charge in [-0.25, -0.2) is 0 Å². The van der Waals surface area contributed by atoms with E-state index < -0.39 is 11.5 Å². The molecule has 1 aliphatic heterocycles. The third kappa shape index (κ3) is 4.40. The van der Waals surface area contributed by atoms with Crippen molar-refractivity contribution < 1.29 is 14.6 Å². The van der Waals surface area contributed by atoms with Crippen molar-refractivity contribution in [3.8, 4) is 0 Å². The molecular formula is C10H19NO3S. The number of hydrogen-bond acceptors (Lipinski definition) is 4. The van der Waals surface area contributed by atoms with Crippen LogP contribution in [-0.4, -0.2) is 40.8 Å². The SMILES string of the molecule is CC(N)(CCSC1CCOCC1)C(=O)O. The highest BCUT2D eigenvalue weighted by Crippen LogP contribution is 2.24. The van der Waals surface area contributed by atoms with Gasteiger partial charge in [0.25, 0.3) is 0 Å². The minimum atomic E-state index is -1.09. The number of carboxylic acids is 1. The van der Waals surface area contributed by atoms with Crippen LogP contribution in [0, 0.1) is 0 Å². The van der Waals surface area contributed by atoms with Gasteiger partial charge in [0.15, 0.2) is 0 Å². The molecule has 1 unspecified atom stereocenters. The largest absolute Gasteiger partial charge is 0.480 e. The Balaban J connectivity index is 2.17. The molecule has 4 nitrogen and oxygen atoms in total. The number of nitrogens with two attached hydrogens (primary N) is 1. The van der Waals surface area contributed by atoms with Gasteiger partial charge < -0.3 is 15.6 Å². The zero-order chi connectivity index (χ0) is 11.3. The van der Waals surface area contributed by atoms with Crippen LogP contribution in [0.5, 0.6) is 0 Å². The summed E-state index contributed by atoms with van der Waals surface area (Å²) in [6, 6.07) is 0. The molecule has 3 N–H and O–H groups in total. The molecule has 0 aromatic heterocycles. The summed E-state index contributed by atoms with van der Waals surface area (Å²) in [6.07, 6.45) is 2.66. The third-order valence-electron chi connectivity index (χ3n) is 2.63. The summed E-state index contributed by atoms with van der Waals surface area (Å²) in [7, 11) is 0. The monoisotopic (exact) mass is 233 g/mol. The lowest BCUT2D eigenvalue weighted by atomic mass is 10.0. The Morgan fingerprint density at radius 2 is 2.20 bits per heavy atom. The number of carbonyl (C=O) groups is 1. The van der Waals surface area contributed by atoms with E-state index in [-0.39, 0.29) is 0 Å². The van der Waals surface area contributed by atoms with E-state index in [1.54, 1.807) is 6.92 Å². The van der Waals surface area contributed by atoms with Gasteiger partial charge in [-0.1, -0.05) is 0 Å². The van der Waals surface area contributed by atoms with Crippen LogP contribution in [0.25, 0.3) is 0 Å². The van der Waals surface area contributed by atoms with Gasteiger partial charge in [0.05, 0.1) is 0 Å². The molecule has 0 amide bonds. The van der Waals surface area contributed by atoms with Crippen molar-refractivity contribution in [3.05, 3.63) is 0 Å². The Bertz CT molecular complexity index is 215. The van der Waals surface area contributed by atoms with Gasteiger partial charge in [-0.3, -0.25) is 4.79 Å². The maximum absolute atomic E-state index is 10.7. The predicted molar refractivity (Wildman–Crippen MR) is 61.1 cm³/mol. The summed E-state index contributed by atoms with van der Waals surface area (Å²) in [5.74, 6) is -0.112. The highest BCUT2D eigenvalue weighted by molar-refractivity contribution is 7.99. The van der Waals surface area contributed by atoms with E-state index in [4.69, 9.17) is 15.6 Å². The first-order valence-corrected chi connectivity index (χ1v) is 6.29. The van der Waals surface area contributed by atoms with Gasteiger partial charge in [0, 0.05) is 18.5 Å². The van der Waals surface area contributed by atoms with Crippen LogP contribution >= 0.6 is 11.8 Å². The van der Waals surface area contributed by atoms with Crippen molar-refractivity contribution in [1.82, 2.24) is 0 Å². The molecule has 1 fully saturated rings. The second kappa shape index (κ2) is 5.72. The highest BCUT2D eigenvalue weighted by Gasteiger charge is 2.27. The van der Waals surface area contributed by atoms with Crippen molar-refractivity contribution in [1.29, 1.82) is 0 Å². The molecule has 88 valence electrons. The zero-order valence-electron chi connectivity index (χ0n) is 9.07. The van der Waals surface area contributed by atoms with E-state index in [0.29, 0.717) is 11.7 Å². The van der Waals surface area contributed by atoms with Gasteiger partial charge in [-0.15, -0.1) is 0 Å². The average Bonchev–Trinajstić information content (AvgIpc) is 2.19. The standard InChI is InChI=1S/C10H19NO3S/c1-10(11,9(12)13)4-7-15-8-2-5-14-6-3-8/h8H,2-7,11H2,1H3,(H,12,13). The fourth-order valence-electron chi connectivity index (χ4n) is 1.39. The lowest BCUT2D eigenvalue weighted by Crippen LogP contribution is -2.45. The molecule has 1 heterocycles. The van der Waals surface area contributed by atoms with Crippen LogP contribution in [0.3, 0.4) is 0 Å². The van der Waals surface area contributed by atoms with Crippen LogP contribution in [-0.2, 0) is 9.53 Å². The average molecular weight is 233 g/mol. The number of carboxylic acid groups (broad SMARTS) is 1. The van der Waals surface area contributed by atoms with Crippen LogP contribution in [0.4, 0.5) is 0 Å². The van der Waals surface area contributed by atoms with Crippen molar-refractivity contribution in [2.45, 2.75) is 37.0 Å². The summed E-state index contributed by atoms with van der Waals surface area (Å²) in [5, 5.41) is 9.44. The molecule has 1 rings (SSSR count). The predicted octanol–water partition coefficient (Wildman–Crippen LogP) is 1.09. The van der Waals surface area contributed by atoms with Crippen LogP contribution in [0.15, 0.2) is 0 Å². The van der Waals surface area contributed by atoms with E-state index in [0.717, 1.165) is 31.8 Å². The van der Waals surface area contributed by atoms with E-state index in [9.17, 15) is 4.79 Å². The first kappa shape index (κ1) is 12.8. The lowest BCUT2D eigenvalue weighted by molar-refractivity contribution is -0.142. The third-order valence-corrected chi connectivity index (χ3v) is 4.01. The summed E-state index contributed by atoms with van der Waals surface area (Å²) < 4.78 is 5.25. The van der Waals surface area contributed by atoms with E-state index in [2.05, 4.69) is 0 Å². The topological polar surface area (TPSA) is 72.5 Å². The summed E-state index contributed by atoms with van der Waals surface area (Å²) in [4.78, 5) is 10.7. The Labute approximate surface area is 94.6 Å². The van der Waals surface area contributed by atoms with Crippen LogP contribution in [0.2, 0.25) is 0 Å². The van der Waals surface area contributed by atoms with E-state index >= 15 is 0 Å².